The molecule has 10 heteroatoms. The number of nitro benzene ring substituents is 1. The molecule has 1 aromatic rings. The summed E-state index contributed by atoms with van der Waals surface area (Å²) >= 11 is 0. The summed E-state index contributed by atoms with van der Waals surface area (Å²) in [5, 5.41) is 16.1. The Balaban J connectivity index is 2.43. The summed E-state index contributed by atoms with van der Waals surface area (Å²) in [6.07, 6.45) is 0. The van der Waals surface area contributed by atoms with Gasteiger partial charge in [0.2, 0.25) is 0 Å². The molecule has 0 unspecified atom stereocenters. The van der Waals surface area contributed by atoms with Crippen molar-refractivity contribution in [1.29, 1.82) is 0 Å². The first kappa shape index (κ1) is 18.8. The molecule has 1 aliphatic rings. The topological polar surface area (TPSA) is 96.7 Å². The van der Waals surface area contributed by atoms with Crippen molar-refractivity contribution in [2.45, 2.75) is 12.8 Å². The largest absolute Gasteiger partial charge is 0.383 e. The number of alkyl halides is 2. The van der Waals surface area contributed by atoms with E-state index in [1.54, 1.807) is 0 Å². The molecule has 8 nitrogen and oxygen atoms in total. The van der Waals surface area contributed by atoms with Crippen LogP contribution in [0.5, 0.6) is 0 Å². The van der Waals surface area contributed by atoms with Crippen LogP contribution in [-0.2, 0) is 4.74 Å². The van der Waals surface area contributed by atoms with Gasteiger partial charge in [-0.05, 0) is 6.07 Å². The molecule has 1 saturated heterocycles. The Hall–Kier alpha value is -2.49. The van der Waals surface area contributed by atoms with E-state index in [9.17, 15) is 23.7 Å². The fourth-order valence-electron chi connectivity index (χ4n) is 2.51. The number of benzene rings is 1. The Morgan fingerprint density at radius 1 is 1.40 bits per heavy atom. The van der Waals surface area contributed by atoms with E-state index in [1.807, 2.05) is 4.90 Å². The average molecular weight is 358 g/mol. The molecule has 0 bridgehead atoms. The van der Waals surface area contributed by atoms with E-state index < -0.39 is 23.3 Å². The van der Waals surface area contributed by atoms with Crippen molar-refractivity contribution in [2.24, 2.45) is 0 Å². The number of amides is 1. The number of anilines is 2. The fourth-order valence-corrected chi connectivity index (χ4v) is 2.51. The van der Waals surface area contributed by atoms with Gasteiger partial charge in [-0.15, -0.1) is 0 Å². The van der Waals surface area contributed by atoms with E-state index in [1.165, 1.54) is 13.1 Å². The molecule has 2 rings (SSSR count). The summed E-state index contributed by atoms with van der Waals surface area (Å²) in [5.41, 5.74) is 0.365. The van der Waals surface area contributed by atoms with Crippen LogP contribution >= 0.6 is 0 Å². The predicted molar refractivity (Wildman–Crippen MR) is 88.6 cm³/mol. The van der Waals surface area contributed by atoms with Gasteiger partial charge in [0.05, 0.1) is 35.9 Å². The number of ether oxygens (including phenoxy) is 1. The molecule has 0 atom stereocenters. The lowest BCUT2D eigenvalue weighted by Gasteiger charge is -2.30. The van der Waals surface area contributed by atoms with Crippen molar-refractivity contribution < 1.29 is 23.2 Å². The van der Waals surface area contributed by atoms with Gasteiger partial charge in [0, 0.05) is 33.1 Å². The van der Waals surface area contributed by atoms with E-state index >= 15 is 0 Å². The number of carbonyl (C=O) groups excluding carboxylic acids is 1. The molecule has 25 heavy (non-hydrogen) atoms. The van der Waals surface area contributed by atoms with E-state index in [4.69, 9.17) is 4.74 Å². The van der Waals surface area contributed by atoms with Crippen LogP contribution in [-0.4, -0.2) is 56.6 Å². The Labute approximate surface area is 143 Å². The standard InChI is InChI=1S/C15H20F2N4O4/c1-15(16,17)9-19-14(22)10-7-13(21(23)24)11(18-2)8-12(10)20-3-5-25-6-4-20/h7-8,18H,3-6,9H2,1-2H3,(H,19,22). The van der Waals surface area contributed by atoms with Crippen molar-refractivity contribution in [3.63, 3.8) is 0 Å². The first-order valence-corrected chi connectivity index (χ1v) is 7.72. The highest BCUT2D eigenvalue weighted by Crippen LogP contribution is 2.33. The van der Waals surface area contributed by atoms with Crippen LogP contribution in [0.3, 0.4) is 0 Å². The lowest BCUT2D eigenvalue weighted by molar-refractivity contribution is -0.383. The van der Waals surface area contributed by atoms with Gasteiger partial charge in [0.15, 0.2) is 0 Å². The maximum absolute atomic E-state index is 13.0. The molecule has 1 aromatic carbocycles. The Morgan fingerprint density at radius 3 is 2.56 bits per heavy atom. The molecule has 0 spiro atoms. The number of halogens is 2. The van der Waals surface area contributed by atoms with Gasteiger partial charge in [-0.1, -0.05) is 0 Å². The second kappa shape index (κ2) is 7.60. The van der Waals surface area contributed by atoms with Crippen molar-refractivity contribution in [1.82, 2.24) is 5.32 Å². The van der Waals surface area contributed by atoms with Gasteiger partial charge < -0.3 is 20.3 Å². The lowest BCUT2D eigenvalue weighted by Crippen LogP contribution is -2.39. The van der Waals surface area contributed by atoms with Crippen LogP contribution in [0, 0.1) is 10.1 Å². The van der Waals surface area contributed by atoms with E-state index in [0.29, 0.717) is 38.9 Å². The number of hydrogen-bond acceptors (Lipinski definition) is 6. The third-order valence-electron chi connectivity index (χ3n) is 3.74. The molecular weight excluding hydrogens is 338 g/mol. The van der Waals surface area contributed by atoms with Crippen LogP contribution in [0.25, 0.3) is 0 Å². The molecule has 0 aliphatic carbocycles. The minimum absolute atomic E-state index is 0.0168. The highest BCUT2D eigenvalue weighted by molar-refractivity contribution is 6.02. The monoisotopic (exact) mass is 358 g/mol. The number of nitro groups is 1. The highest BCUT2D eigenvalue weighted by Gasteiger charge is 2.27. The minimum atomic E-state index is -3.08. The summed E-state index contributed by atoms with van der Waals surface area (Å²) in [5.74, 6) is -3.86. The van der Waals surface area contributed by atoms with Crippen molar-refractivity contribution in [3.05, 3.63) is 27.8 Å². The Morgan fingerprint density at radius 2 is 2.04 bits per heavy atom. The second-order valence-electron chi connectivity index (χ2n) is 5.75. The second-order valence-corrected chi connectivity index (χ2v) is 5.75. The lowest BCUT2D eigenvalue weighted by atomic mass is 10.1. The molecule has 1 aliphatic heterocycles. The van der Waals surface area contributed by atoms with Crippen molar-refractivity contribution >= 4 is 23.0 Å². The molecule has 0 aromatic heterocycles. The molecule has 1 amide bonds. The summed E-state index contributed by atoms with van der Waals surface area (Å²) in [4.78, 5) is 24.8. The number of nitrogens with zero attached hydrogens (tertiary/aromatic N) is 2. The van der Waals surface area contributed by atoms with Crippen molar-refractivity contribution in [3.8, 4) is 0 Å². The van der Waals surface area contributed by atoms with E-state index in [0.717, 1.165) is 6.07 Å². The number of hydrogen-bond donors (Lipinski definition) is 2. The normalized spacial score (nSPS) is 15.0. The molecule has 1 fully saturated rings. The van der Waals surface area contributed by atoms with Gasteiger partial charge in [-0.25, -0.2) is 8.78 Å². The summed E-state index contributed by atoms with van der Waals surface area (Å²) in [6, 6.07) is 2.60. The average Bonchev–Trinajstić information content (AvgIpc) is 2.58. The van der Waals surface area contributed by atoms with Crippen LogP contribution in [0.1, 0.15) is 17.3 Å². The van der Waals surface area contributed by atoms with E-state index in [2.05, 4.69) is 10.6 Å². The number of morpholine rings is 1. The maximum Gasteiger partial charge on any atom is 0.293 e. The Kier molecular flexibility index (Phi) is 5.73. The summed E-state index contributed by atoms with van der Waals surface area (Å²) < 4.78 is 31.3. The van der Waals surface area contributed by atoms with E-state index in [-0.39, 0.29) is 16.9 Å². The van der Waals surface area contributed by atoms with Crippen LogP contribution in [0.2, 0.25) is 0 Å². The predicted octanol–water partition coefficient (Wildman–Crippen LogP) is 1.86. The molecule has 0 radical (unpaired) electrons. The number of rotatable bonds is 6. The van der Waals surface area contributed by atoms with Gasteiger partial charge >= 0.3 is 0 Å². The summed E-state index contributed by atoms with van der Waals surface area (Å²) in [7, 11) is 1.53. The zero-order valence-electron chi connectivity index (χ0n) is 14.0. The minimum Gasteiger partial charge on any atom is -0.383 e. The third kappa shape index (κ3) is 4.75. The first-order chi connectivity index (χ1) is 11.7. The molecule has 2 N–H and O–H groups in total. The SMILES string of the molecule is CNc1cc(N2CCOCC2)c(C(=O)NCC(C)(F)F)cc1[N+](=O)[O-]. The van der Waals surface area contributed by atoms with Gasteiger partial charge in [-0.2, -0.15) is 0 Å². The van der Waals surface area contributed by atoms with Crippen LogP contribution in [0.15, 0.2) is 12.1 Å². The zero-order chi connectivity index (χ0) is 18.6. The summed E-state index contributed by atoms with van der Waals surface area (Å²) in [6.45, 7) is 1.70. The van der Waals surface area contributed by atoms with Crippen LogP contribution in [0.4, 0.5) is 25.8 Å². The zero-order valence-corrected chi connectivity index (χ0v) is 14.0. The first-order valence-electron chi connectivity index (χ1n) is 7.72. The smallest absolute Gasteiger partial charge is 0.293 e. The van der Waals surface area contributed by atoms with Crippen LogP contribution < -0.4 is 15.5 Å². The molecule has 1 heterocycles. The Bertz CT molecular complexity index is 658. The van der Waals surface area contributed by atoms with Gasteiger partial charge in [0.1, 0.15) is 5.69 Å². The van der Waals surface area contributed by atoms with Gasteiger partial charge in [-0.3, -0.25) is 14.9 Å². The number of carbonyl (C=O) groups is 1. The molecule has 138 valence electrons. The van der Waals surface area contributed by atoms with Crippen molar-refractivity contribution in [2.75, 3.05) is 50.1 Å². The molecule has 0 saturated carbocycles. The fraction of sp³-hybridized carbons (Fsp3) is 0.533. The third-order valence-corrected chi connectivity index (χ3v) is 3.74. The quantitative estimate of drug-likeness (QED) is 0.595. The molecular formula is C15H20F2N4O4. The van der Waals surface area contributed by atoms with Gasteiger partial charge in [0.25, 0.3) is 17.5 Å². The number of nitrogens with one attached hydrogen (secondary N) is 2. The maximum atomic E-state index is 13.0. The highest BCUT2D eigenvalue weighted by atomic mass is 19.3.